The third-order valence-corrected chi connectivity index (χ3v) is 3.32. The molecule has 21 heavy (non-hydrogen) atoms. The van der Waals surface area contributed by atoms with E-state index in [2.05, 4.69) is 24.5 Å². The Hall–Kier alpha value is -1.59. The summed E-state index contributed by atoms with van der Waals surface area (Å²) in [5.41, 5.74) is 0.998. The Morgan fingerprint density at radius 3 is 2.48 bits per heavy atom. The Morgan fingerprint density at radius 1 is 1.24 bits per heavy atom. The van der Waals surface area contributed by atoms with Crippen molar-refractivity contribution < 1.29 is 15.0 Å². The van der Waals surface area contributed by atoms with E-state index < -0.39 is 18.2 Å². The molecule has 5 heteroatoms. The summed E-state index contributed by atoms with van der Waals surface area (Å²) in [6.07, 6.45) is -0.367. The summed E-state index contributed by atoms with van der Waals surface area (Å²) in [4.78, 5) is 10.9. The number of nitrogens with one attached hydrogen (secondary N) is 2. The number of aliphatic hydroxyl groups is 1. The molecule has 0 saturated heterocycles. The van der Waals surface area contributed by atoms with Gasteiger partial charge in [-0.25, -0.2) is 4.79 Å². The van der Waals surface area contributed by atoms with Crippen molar-refractivity contribution >= 4 is 6.09 Å². The molecule has 0 fully saturated rings. The van der Waals surface area contributed by atoms with Crippen LogP contribution in [0.1, 0.15) is 25.8 Å². The average molecular weight is 294 g/mol. The highest BCUT2D eigenvalue weighted by atomic mass is 16.4. The fraction of sp³-hybridized carbons (Fsp3) is 0.562. The van der Waals surface area contributed by atoms with E-state index in [-0.39, 0.29) is 0 Å². The predicted octanol–water partition coefficient (Wildman–Crippen LogP) is 1.86. The van der Waals surface area contributed by atoms with Crippen LogP contribution in [0, 0.1) is 5.92 Å². The molecular weight excluding hydrogens is 268 g/mol. The molecule has 118 valence electrons. The van der Waals surface area contributed by atoms with Crippen LogP contribution in [-0.2, 0) is 6.42 Å². The van der Waals surface area contributed by atoms with Crippen LogP contribution in [0.3, 0.4) is 0 Å². The number of benzene rings is 1. The highest BCUT2D eigenvalue weighted by molar-refractivity contribution is 5.65. The Labute approximate surface area is 126 Å². The maximum atomic E-state index is 10.9. The van der Waals surface area contributed by atoms with Gasteiger partial charge in [0.15, 0.2) is 0 Å². The van der Waals surface area contributed by atoms with Crippen LogP contribution in [-0.4, -0.2) is 41.5 Å². The molecule has 0 aromatic heterocycles. The van der Waals surface area contributed by atoms with Crippen LogP contribution in [0.5, 0.6) is 0 Å². The fourth-order valence-corrected chi connectivity index (χ4v) is 2.09. The summed E-state index contributed by atoms with van der Waals surface area (Å²) in [5, 5.41) is 24.7. The lowest BCUT2D eigenvalue weighted by atomic mass is 10.0. The maximum Gasteiger partial charge on any atom is 0.404 e. The lowest BCUT2D eigenvalue weighted by Crippen LogP contribution is -2.48. The minimum atomic E-state index is -1.11. The summed E-state index contributed by atoms with van der Waals surface area (Å²) < 4.78 is 0. The third kappa shape index (κ3) is 7.68. The largest absolute Gasteiger partial charge is 0.465 e. The van der Waals surface area contributed by atoms with Gasteiger partial charge in [0.1, 0.15) is 0 Å². The van der Waals surface area contributed by atoms with E-state index in [4.69, 9.17) is 5.11 Å². The number of amides is 1. The van der Waals surface area contributed by atoms with Crippen molar-refractivity contribution in [2.24, 2.45) is 5.92 Å². The van der Waals surface area contributed by atoms with E-state index in [1.807, 2.05) is 30.3 Å². The molecule has 0 spiro atoms. The number of hydrogen-bond acceptors (Lipinski definition) is 3. The highest BCUT2D eigenvalue weighted by Crippen LogP contribution is 2.06. The van der Waals surface area contributed by atoms with Crippen molar-refractivity contribution in [2.75, 3.05) is 13.1 Å². The second-order valence-corrected chi connectivity index (χ2v) is 5.70. The number of carbonyl (C=O) groups is 1. The zero-order valence-corrected chi connectivity index (χ0v) is 12.7. The molecule has 0 aliphatic heterocycles. The molecule has 1 rings (SSSR count). The van der Waals surface area contributed by atoms with Crippen LogP contribution in [0.2, 0.25) is 0 Å². The van der Waals surface area contributed by atoms with E-state index >= 15 is 0 Å². The third-order valence-electron chi connectivity index (χ3n) is 3.32. The van der Waals surface area contributed by atoms with Crippen molar-refractivity contribution in [1.29, 1.82) is 0 Å². The van der Waals surface area contributed by atoms with Gasteiger partial charge in [-0.3, -0.25) is 0 Å². The van der Waals surface area contributed by atoms with Gasteiger partial charge < -0.3 is 20.8 Å². The van der Waals surface area contributed by atoms with Crippen molar-refractivity contribution in [3.8, 4) is 0 Å². The predicted molar refractivity (Wildman–Crippen MR) is 83.4 cm³/mol. The van der Waals surface area contributed by atoms with E-state index in [0.717, 1.165) is 18.5 Å². The second-order valence-electron chi connectivity index (χ2n) is 5.70. The van der Waals surface area contributed by atoms with Gasteiger partial charge in [0.2, 0.25) is 0 Å². The van der Waals surface area contributed by atoms with Crippen molar-refractivity contribution in [3.63, 3.8) is 0 Å². The first-order valence-corrected chi connectivity index (χ1v) is 7.41. The van der Waals surface area contributed by atoms with Gasteiger partial charge in [-0.05, 0) is 30.9 Å². The van der Waals surface area contributed by atoms with Crippen LogP contribution in [0.4, 0.5) is 4.79 Å². The first-order chi connectivity index (χ1) is 9.99. The summed E-state index contributed by atoms with van der Waals surface area (Å²) in [7, 11) is 0. The Morgan fingerprint density at radius 2 is 1.90 bits per heavy atom. The topological polar surface area (TPSA) is 81.6 Å². The number of rotatable bonds is 9. The lowest BCUT2D eigenvalue weighted by Gasteiger charge is -2.23. The molecule has 0 heterocycles. The Balaban J connectivity index is 2.49. The van der Waals surface area contributed by atoms with Crippen LogP contribution in [0.25, 0.3) is 0 Å². The van der Waals surface area contributed by atoms with Crippen LogP contribution >= 0.6 is 0 Å². The van der Waals surface area contributed by atoms with Crippen molar-refractivity contribution in [1.82, 2.24) is 10.6 Å². The molecule has 1 amide bonds. The molecule has 0 bridgehead atoms. The number of aliphatic hydroxyl groups excluding tert-OH is 1. The standard InChI is InChI=1S/C16H26N2O3/c1-12(2)8-9-17-11-15(19)14(18-16(20)21)10-13-6-4-3-5-7-13/h3-7,12,14-15,17-19H,8-11H2,1-2H3,(H,20,21). The zero-order chi connectivity index (χ0) is 15.7. The van der Waals surface area contributed by atoms with Crippen LogP contribution < -0.4 is 10.6 Å². The molecule has 1 aromatic rings. The monoisotopic (exact) mass is 294 g/mol. The molecule has 1 aromatic carbocycles. The van der Waals surface area contributed by atoms with Gasteiger partial charge >= 0.3 is 6.09 Å². The molecule has 4 N–H and O–H groups in total. The molecule has 0 radical (unpaired) electrons. The summed E-state index contributed by atoms with van der Waals surface area (Å²) in [6, 6.07) is 9.05. The maximum absolute atomic E-state index is 10.9. The first-order valence-electron chi connectivity index (χ1n) is 7.41. The van der Waals surface area contributed by atoms with Crippen LogP contribution in [0.15, 0.2) is 30.3 Å². The molecular formula is C16H26N2O3. The summed E-state index contributed by atoms with van der Waals surface area (Å²) in [5.74, 6) is 0.604. The summed E-state index contributed by atoms with van der Waals surface area (Å²) >= 11 is 0. The van der Waals surface area contributed by atoms with Gasteiger partial charge in [0.05, 0.1) is 12.1 Å². The molecule has 0 saturated carbocycles. The second kappa shape index (κ2) is 9.37. The smallest absolute Gasteiger partial charge is 0.404 e. The molecule has 2 unspecified atom stereocenters. The SMILES string of the molecule is CC(C)CCNCC(O)C(Cc1ccccc1)NC(=O)O. The fourth-order valence-electron chi connectivity index (χ4n) is 2.09. The van der Waals surface area contributed by atoms with Gasteiger partial charge in [-0.15, -0.1) is 0 Å². The average Bonchev–Trinajstić information content (AvgIpc) is 2.43. The Bertz CT molecular complexity index is 409. The van der Waals surface area contributed by atoms with Gasteiger partial charge in [-0.1, -0.05) is 44.2 Å². The molecule has 0 aliphatic carbocycles. The quantitative estimate of drug-likeness (QED) is 0.524. The molecule has 0 aliphatic rings. The minimum Gasteiger partial charge on any atom is -0.465 e. The van der Waals surface area contributed by atoms with Gasteiger partial charge in [0.25, 0.3) is 0 Å². The van der Waals surface area contributed by atoms with E-state index in [1.165, 1.54) is 0 Å². The van der Waals surface area contributed by atoms with Gasteiger partial charge in [0, 0.05) is 6.54 Å². The first kappa shape index (κ1) is 17.5. The summed E-state index contributed by atoms with van der Waals surface area (Å²) in [6.45, 7) is 5.48. The van der Waals surface area contributed by atoms with E-state index in [9.17, 15) is 9.90 Å². The lowest BCUT2D eigenvalue weighted by molar-refractivity contribution is 0.117. The van der Waals surface area contributed by atoms with E-state index in [1.54, 1.807) is 0 Å². The Kier molecular flexibility index (Phi) is 7.79. The molecule has 5 nitrogen and oxygen atoms in total. The van der Waals surface area contributed by atoms with Crippen molar-refractivity contribution in [2.45, 2.75) is 38.8 Å². The zero-order valence-electron chi connectivity index (χ0n) is 12.7. The number of carboxylic acid groups (broad SMARTS) is 1. The van der Waals surface area contributed by atoms with Crippen molar-refractivity contribution in [3.05, 3.63) is 35.9 Å². The normalized spacial score (nSPS) is 13.9. The van der Waals surface area contributed by atoms with Gasteiger partial charge in [-0.2, -0.15) is 0 Å². The highest BCUT2D eigenvalue weighted by Gasteiger charge is 2.21. The number of hydrogen-bond donors (Lipinski definition) is 4. The molecule has 2 atom stereocenters. The minimum absolute atomic E-state index is 0.379. The van der Waals surface area contributed by atoms with E-state index in [0.29, 0.717) is 18.9 Å².